The summed E-state index contributed by atoms with van der Waals surface area (Å²) in [4.78, 5) is 42.5. The third kappa shape index (κ3) is 5.16. The third-order valence-electron chi connectivity index (χ3n) is 5.36. The van der Waals surface area contributed by atoms with Gasteiger partial charge in [0.25, 0.3) is 0 Å². The average Bonchev–Trinajstić information content (AvgIpc) is 3.21. The Morgan fingerprint density at radius 3 is 2.39 bits per heavy atom. The summed E-state index contributed by atoms with van der Waals surface area (Å²) in [7, 11) is 1.64. The zero-order valence-corrected chi connectivity index (χ0v) is 17.0. The molecule has 3 rings (SSSR count). The molecule has 2 heterocycles. The lowest BCUT2D eigenvalue weighted by Gasteiger charge is -2.35. The normalized spacial score (nSPS) is 17.5. The van der Waals surface area contributed by atoms with Crippen LogP contribution in [0.1, 0.15) is 25.7 Å². The molecule has 28 heavy (non-hydrogen) atoms. The molecule has 2 aliphatic heterocycles. The Kier molecular flexibility index (Phi) is 6.78. The van der Waals surface area contributed by atoms with Crippen LogP contribution in [-0.2, 0) is 9.59 Å². The van der Waals surface area contributed by atoms with E-state index < -0.39 is 0 Å². The van der Waals surface area contributed by atoms with Gasteiger partial charge in [-0.05, 0) is 43.9 Å². The number of halogens is 1. The first kappa shape index (κ1) is 20.5. The summed E-state index contributed by atoms with van der Waals surface area (Å²) in [5.41, 5.74) is 0.604. The van der Waals surface area contributed by atoms with Gasteiger partial charge in [0.05, 0.1) is 6.54 Å². The quantitative estimate of drug-likeness (QED) is 0.835. The van der Waals surface area contributed by atoms with Gasteiger partial charge in [-0.25, -0.2) is 4.79 Å². The number of hydrogen-bond acceptors (Lipinski definition) is 3. The van der Waals surface area contributed by atoms with E-state index in [1.807, 2.05) is 9.80 Å². The number of carbonyl (C=O) groups excluding carboxylic acids is 3. The molecule has 0 saturated carbocycles. The number of likely N-dealkylation sites (N-methyl/N-ethyl adjacent to an activating group) is 1. The van der Waals surface area contributed by atoms with Crippen molar-refractivity contribution >= 4 is 35.1 Å². The maximum Gasteiger partial charge on any atom is 0.319 e. The van der Waals surface area contributed by atoms with Gasteiger partial charge in [0.15, 0.2) is 0 Å². The van der Waals surface area contributed by atoms with Crippen molar-refractivity contribution in [1.29, 1.82) is 0 Å². The van der Waals surface area contributed by atoms with Gasteiger partial charge in [-0.15, -0.1) is 0 Å². The molecular formula is C20H27ClN4O3. The van der Waals surface area contributed by atoms with Gasteiger partial charge < -0.3 is 20.0 Å². The number of nitrogens with zero attached hydrogens (tertiary/aromatic N) is 3. The fourth-order valence-corrected chi connectivity index (χ4v) is 3.99. The summed E-state index contributed by atoms with van der Waals surface area (Å²) in [6, 6.07) is 6.99. The molecule has 0 aromatic heterocycles. The number of hydrogen-bond donors (Lipinski definition) is 1. The lowest BCUT2D eigenvalue weighted by Crippen LogP contribution is -2.48. The van der Waals surface area contributed by atoms with E-state index in [1.54, 1.807) is 31.3 Å². The maximum absolute atomic E-state index is 12.7. The van der Waals surface area contributed by atoms with Crippen LogP contribution >= 0.6 is 11.6 Å². The second-order valence-corrected chi connectivity index (χ2v) is 7.93. The minimum Gasteiger partial charge on any atom is -0.336 e. The molecule has 1 aromatic rings. The molecule has 1 N–H and O–H groups in total. The third-order valence-corrected chi connectivity index (χ3v) is 5.59. The predicted molar refractivity (Wildman–Crippen MR) is 108 cm³/mol. The predicted octanol–water partition coefficient (Wildman–Crippen LogP) is 2.66. The van der Waals surface area contributed by atoms with Crippen LogP contribution in [0.25, 0.3) is 0 Å². The molecule has 8 heteroatoms. The smallest absolute Gasteiger partial charge is 0.319 e. The highest BCUT2D eigenvalue weighted by Gasteiger charge is 2.32. The standard InChI is InChI=1S/C20H27ClN4O3/c1-23(14-18(26)22-17-6-4-5-16(21)13-17)19(27)15-7-11-25(12-8-15)20(28)24-9-2-3-10-24/h4-6,13,15H,2-3,7-12,14H2,1H3,(H,22,26). The van der Waals surface area contributed by atoms with E-state index in [0.29, 0.717) is 36.6 Å². The van der Waals surface area contributed by atoms with Crippen molar-refractivity contribution in [2.75, 3.05) is 45.1 Å². The number of likely N-dealkylation sites (tertiary alicyclic amines) is 2. The van der Waals surface area contributed by atoms with E-state index in [4.69, 9.17) is 11.6 Å². The molecule has 152 valence electrons. The van der Waals surface area contributed by atoms with Gasteiger partial charge in [-0.2, -0.15) is 0 Å². The molecule has 0 atom stereocenters. The van der Waals surface area contributed by atoms with Crippen LogP contribution in [0.3, 0.4) is 0 Å². The first-order valence-corrected chi connectivity index (χ1v) is 10.2. The van der Waals surface area contributed by atoms with Gasteiger partial charge in [-0.3, -0.25) is 9.59 Å². The lowest BCUT2D eigenvalue weighted by atomic mass is 9.95. The highest BCUT2D eigenvalue weighted by atomic mass is 35.5. The Morgan fingerprint density at radius 1 is 1.11 bits per heavy atom. The first-order valence-electron chi connectivity index (χ1n) is 9.78. The number of urea groups is 1. The van der Waals surface area contributed by atoms with Crippen LogP contribution in [0.5, 0.6) is 0 Å². The van der Waals surface area contributed by atoms with Crippen molar-refractivity contribution in [3.8, 4) is 0 Å². The van der Waals surface area contributed by atoms with Crippen molar-refractivity contribution in [2.24, 2.45) is 5.92 Å². The molecule has 0 radical (unpaired) electrons. The van der Waals surface area contributed by atoms with Crippen molar-refractivity contribution < 1.29 is 14.4 Å². The summed E-state index contributed by atoms with van der Waals surface area (Å²) >= 11 is 5.91. The molecule has 7 nitrogen and oxygen atoms in total. The zero-order valence-electron chi connectivity index (χ0n) is 16.2. The second kappa shape index (κ2) is 9.28. The topological polar surface area (TPSA) is 73.0 Å². The van der Waals surface area contributed by atoms with Crippen molar-refractivity contribution in [1.82, 2.24) is 14.7 Å². The Bertz CT molecular complexity index is 728. The van der Waals surface area contributed by atoms with Crippen LogP contribution in [0.2, 0.25) is 5.02 Å². The van der Waals surface area contributed by atoms with Gasteiger partial charge >= 0.3 is 6.03 Å². The van der Waals surface area contributed by atoms with Crippen molar-refractivity contribution in [3.05, 3.63) is 29.3 Å². The van der Waals surface area contributed by atoms with E-state index in [1.165, 1.54) is 4.90 Å². The van der Waals surface area contributed by atoms with Crippen LogP contribution in [0, 0.1) is 5.92 Å². The Morgan fingerprint density at radius 2 is 1.75 bits per heavy atom. The number of rotatable bonds is 4. The molecular weight excluding hydrogens is 380 g/mol. The number of anilines is 1. The minimum absolute atomic E-state index is 0.0156. The minimum atomic E-state index is -0.264. The summed E-state index contributed by atoms with van der Waals surface area (Å²) in [5.74, 6) is -0.458. The number of amides is 4. The fourth-order valence-electron chi connectivity index (χ4n) is 3.80. The van der Waals surface area contributed by atoms with Crippen molar-refractivity contribution in [3.63, 3.8) is 0 Å². The van der Waals surface area contributed by atoms with Crippen molar-refractivity contribution in [2.45, 2.75) is 25.7 Å². The van der Waals surface area contributed by atoms with E-state index >= 15 is 0 Å². The van der Waals surface area contributed by atoms with Gasteiger partial charge in [0, 0.05) is 49.9 Å². The number of benzene rings is 1. The Balaban J connectivity index is 1.45. The zero-order chi connectivity index (χ0) is 20.1. The molecule has 2 saturated heterocycles. The van der Waals surface area contributed by atoms with E-state index in [0.717, 1.165) is 25.9 Å². The summed E-state index contributed by atoms with van der Waals surface area (Å²) < 4.78 is 0. The molecule has 0 bridgehead atoms. The fraction of sp³-hybridized carbons (Fsp3) is 0.550. The first-order chi connectivity index (χ1) is 13.4. The van der Waals surface area contributed by atoms with Gasteiger partial charge in [0.2, 0.25) is 11.8 Å². The monoisotopic (exact) mass is 406 g/mol. The molecule has 2 aliphatic rings. The maximum atomic E-state index is 12.7. The molecule has 0 spiro atoms. The SMILES string of the molecule is CN(CC(=O)Nc1cccc(Cl)c1)C(=O)C1CCN(C(=O)N2CCCC2)CC1. The van der Waals surface area contributed by atoms with Gasteiger partial charge in [0.1, 0.15) is 0 Å². The average molecular weight is 407 g/mol. The lowest BCUT2D eigenvalue weighted by molar-refractivity contribution is -0.138. The molecule has 0 aliphatic carbocycles. The molecule has 1 aromatic carbocycles. The van der Waals surface area contributed by atoms with Crippen LogP contribution in [0.4, 0.5) is 10.5 Å². The summed E-state index contributed by atoms with van der Waals surface area (Å²) in [6.07, 6.45) is 3.42. The summed E-state index contributed by atoms with van der Waals surface area (Å²) in [5, 5.41) is 3.29. The van der Waals surface area contributed by atoms with E-state index in [-0.39, 0.29) is 30.3 Å². The van der Waals surface area contributed by atoms with E-state index in [9.17, 15) is 14.4 Å². The number of piperidine rings is 1. The Labute approximate surface area is 170 Å². The highest BCUT2D eigenvalue weighted by Crippen LogP contribution is 2.22. The molecule has 2 fully saturated rings. The largest absolute Gasteiger partial charge is 0.336 e. The summed E-state index contributed by atoms with van der Waals surface area (Å²) in [6.45, 7) is 2.84. The number of nitrogens with one attached hydrogen (secondary N) is 1. The van der Waals surface area contributed by atoms with E-state index in [2.05, 4.69) is 5.32 Å². The second-order valence-electron chi connectivity index (χ2n) is 7.49. The van der Waals surface area contributed by atoms with Crippen LogP contribution in [-0.4, -0.2) is 72.3 Å². The highest BCUT2D eigenvalue weighted by molar-refractivity contribution is 6.30. The van der Waals surface area contributed by atoms with Crippen LogP contribution in [0.15, 0.2) is 24.3 Å². The molecule has 4 amide bonds. The Hall–Kier alpha value is -2.28. The van der Waals surface area contributed by atoms with Crippen LogP contribution < -0.4 is 5.32 Å². The number of carbonyl (C=O) groups is 3. The molecule has 0 unspecified atom stereocenters. The van der Waals surface area contributed by atoms with Gasteiger partial charge in [-0.1, -0.05) is 17.7 Å².